The highest BCUT2D eigenvalue weighted by atomic mass is 16.4. The quantitative estimate of drug-likeness (QED) is 0.787. The van der Waals surface area contributed by atoms with Crippen LogP contribution in [0.3, 0.4) is 0 Å². The summed E-state index contributed by atoms with van der Waals surface area (Å²) in [6.45, 7) is 0. The Balaban J connectivity index is 1.97. The number of aromatic carboxylic acids is 1. The van der Waals surface area contributed by atoms with Crippen LogP contribution in [0.5, 0.6) is 0 Å². The molecule has 2 aromatic rings. The molecule has 0 fully saturated rings. The van der Waals surface area contributed by atoms with Crippen LogP contribution in [0.1, 0.15) is 10.5 Å². The lowest BCUT2D eigenvalue weighted by atomic mass is 10.3. The van der Waals surface area contributed by atoms with Crippen LogP contribution in [0.4, 0.5) is 16.2 Å². The molecule has 6 nitrogen and oxygen atoms in total. The number of pyridine rings is 1. The molecule has 0 aliphatic carbocycles. The third-order valence-electron chi connectivity index (χ3n) is 2.27. The van der Waals surface area contributed by atoms with Crippen molar-refractivity contribution in [2.45, 2.75) is 0 Å². The molecule has 1 aromatic carbocycles. The first kappa shape index (κ1) is 12.6. The summed E-state index contributed by atoms with van der Waals surface area (Å²) in [5, 5.41) is 13.9. The second-order valence-corrected chi connectivity index (χ2v) is 3.68. The third-order valence-corrected chi connectivity index (χ3v) is 2.27. The summed E-state index contributed by atoms with van der Waals surface area (Å²) >= 11 is 0. The van der Waals surface area contributed by atoms with E-state index in [-0.39, 0.29) is 5.69 Å². The Bertz CT molecular complexity index is 582. The minimum absolute atomic E-state index is 0.0750. The van der Waals surface area contributed by atoms with E-state index in [1.807, 2.05) is 6.07 Å². The summed E-state index contributed by atoms with van der Waals surface area (Å²) in [5.41, 5.74) is 1.00. The molecular weight excluding hydrogens is 246 g/mol. The molecule has 0 aliphatic heterocycles. The van der Waals surface area contributed by atoms with Crippen molar-refractivity contribution >= 4 is 23.4 Å². The summed E-state index contributed by atoms with van der Waals surface area (Å²) in [6, 6.07) is 11.3. The Labute approximate surface area is 109 Å². The number of anilines is 2. The van der Waals surface area contributed by atoms with Gasteiger partial charge in [-0.15, -0.1) is 0 Å². The number of urea groups is 1. The Hall–Kier alpha value is -2.89. The van der Waals surface area contributed by atoms with Crippen LogP contribution < -0.4 is 10.6 Å². The lowest BCUT2D eigenvalue weighted by molar-refractivity contribution is 0.0690. The molecule has 96 valence electrons. The standard InChI is InChI=1S/C13H11N3O3/c17-12(18)11-7-6-10(8-14-11)16-13(19)15-9-4-2-1-3-5-9/h1-8H,(H,17,18)(H2,15,16,19). The van der Waals surface area contributed by atoms with E-state index in [4.69, 9.17) is 5.11 Å². The fourth-order valence-corrected chi connectivity index (χ4v) is 1.41. The summed E-state index contributed by atoms with van der Waals surface area (Å²) in [5.74, 6) is -1.11. The lowest BCUT2D eigenvalue weighted by Gasteiger charge is -2.07. The molecule has 1 aromatic heterocycles. The van der Waals surface area contributed by atoms with Crippen molar-refractivity contribution in [3.8, 4) is 0 Å². The fourth-order valence-electron chi connectivity index (χ4n) is 1.41. The molecule has 2 rings (SSSR count). The predicted octanol–water partition coefficient (Wildman–Crippen LogP) is 2.42. The molecule has 6 heteroatoms. The smallest absolute Gasteiger partial charge is 0.354 e. The van der Waals surface area contributed by atoms with E-state index in [9.17, 15) is 9.59 Å². The van der Waals surface area contributed by atoms with Crippen molar-refractivity contribution in [3.63, 3.8) is 0 Å². The molecule has 0 saturated heterocycles. The number of carboxylic acid groups (broad SMARTS) is 1. The molecule has 0 saturated carbocycles. The van der Waals surface area contributed by atoms with Crippen LogP contribution in [0, 0.1) is 0 Å². The number of para-hydroxylation sites is 1. The van der Waals surface area contributed by atoms with Crippen molar-refractivity contribution in [1.29, 1.82) is 0 Å². The number of amides is 2. The highest BCUT2D eigenvalue weighted by Gasteiger charge is 2.05. The van der Waals surface area contributed by atoms with E-state index >= 15 is 0 Å². The van der Waals surface area contributed by atoms with Crippen molar-refractivity contribution in [2.24, 2.45) is 0 Å². The molecule has 0 spiro atoms. The zero-order valence-corrected chi connectivity index (χ0v) is 9.83. The van der Waals surface area contributed by atoms with Gasteiger partial charge in [-0.25, -0.2) is 14.6 Å². The molecule has 0 unspecified atom stereocenters. The Morgan fingerprint density at radius 3 is 2.21 bits per heavy atom. The first-order valence-electron chi connectivity index (χ1n) is 5.47. The first-order valence-corrected chi connectivity index (χ1v) is 5.47. The zero-order chi connectivity index (χ0) is 13.7. The molecule has 0 bridgehead atoms. The van der Waals surface area contributed by atoms with Gasteiger partial charge in [-0.3, -0.25) is 0 Å². The third kappa shape index (κ3) is 3.53. The molecule has 19 heavy (non-hydrogen) atoms. The predicted molar refractivity (Wildman–Crippen MR) is 70.3 cm³/mol. The number of carbonyl (C=O) groups is 2. The SMILES string of the molecule is O=C(Nc1ccccc1)Nc1ccc(C(=O)O)nc1. The molecule has 0 aliphatic rings. The van der Waals surface area contributed by atoms with Crippen LogP contribution in [0.2, 0.25) is 0 Å². The van der Waals surface area contributed by atoms with Crippen LogP contribution in [-0.2, 0) is 0 Å². The second kappa shape index (κ2) is 5.63. The van der Waals surface area contributed by atoms with Gasteiger partial charge in [-0.1, -0.05) is 18.2 Å². The number of carboxylic acids is 1. The van der Waals surface area contributed by atoms with Gasteiger partial charge in [0.2, 0.25) is 0 Å². The fraction of sp³-hybridized carbons (Fsp3) is 0. The first-order chi connectivity index (χ1) is 9.15. The maximum atomic E-state index is 11.6. The van der Waals surface area contributed by atoms with Crippen LogP contribution in [-0.4, -0.2) is 22.1 Å². The largest absolute Gasteiger partial charge is 0.477 e. The maximum absolute atomic E-state index is 11.6. The van der Waals surface area contributed by atoms with E-state index in [0.29, 0.717) is 11.4 Å². The van der Waals surface area contributed by atoms with E-state index in [1.54, 1.807) is 24.3 Å². The van der Waals surface area contributed by atoms with Crippen LogP contribution in [0.15, 0.2) is 48.7 Å². The summed E-state index contributed by atoms with van der Waals surface area (Å²) < 4.78 is 0. The normalized spacial score (nSPS) is 9.68. The summed E-state index contributed by atoms with van der Waals surface area (Å²) in [6.07, 6.45) is 1.29. The molecule has 0 atom stereocenters. The zero-order valence-electron chi connectivity index (χ0n) is 9.83. The monoisotopic (exact) mass is 257 g/mol. The van der Waals surface area contributed by atoms with E-state index in [2.05, 4.69) is 15.6 Å². The van der Waals surface area contributed by atoms with Gasteiger partial charge in [-0.05, 0) is 24.3 Å². The highest BCUT2D eigenvalue weighted by molar-refractivity contribution is 5.99. The summed E-state index contributed by atoms with van der Waals surface area (Å²) in [4.78, 5) is 25.9. The Morgan fingerprint density at radius 2 is 1.63 bits per heavy atom. The van der Waals surface area contributed by atoms with Crippen molar-refractivity contribution < 1.29 is 14.7 Å². The number of hydrogen-bond donors (Lipinski definition) is 3. The van der Waals surface area contributed by atoms with E-state index < -0.39 is 12.0 Å². The maximum Gasteiger partial charge on any atom is 0.354 e. The molecule has 3 N–H and O–H groups in total. The van der Waals surface area contributed by atoms with Gasteiger partial charge in [0.1, 0.15) is 5.69 Å². The highest BCUT2D eigenvalue weighted by Crippen LogP contribution is 2.09. The van der Waals surface area contributed by atoms with Gasteiger partial charge in [0.15, 0.2) is 0 Å². The topological polar surface area (TPSA) is 91.3 Å². The van der Waals surface area contributed by atoms with E-state index in [0.717, 1.165) is 0 Å². The molecule has 1 heterocycles. The number of hydrogen-bond acceptors (Lipinski definition) is 3. The minimum atomic E-state index is -1.11. The van der Waals surface area contributed by atoms with Crippen molar-refractivity contribution in [1.82, 2.24) is 4.98 Å². The molecule has 2 amide bonds. The van der Waals surface area contributed by atoms with Gasteiger partial charge in [0.25, 0.3) is 0 Å². The van der Waals surface area contributed by atoms with Gasteiger partial charge in [-0.2, -0.15) is 0 Å². The number of aromatic nitrogens is 1. The van der Waals surface area contributed by atoms with Crippen LogP contribution >= 0.6 is 0 Å². The average molecular weight is 257 g/mol. The van der Waals surface area contributed by atoms with Gasteiger partial charge >= 0.3 is 12.0 Å². The van der Waals surface area contributed by atoms with Gasteiger partial charge < -0.3 is 15.7 Å². The minimum Gasteiger partial charge on any atom is -0.477 e. The molecule has 0 radical (unpaired) electrons. The summed E-state index contributed by atoms with van der Waals surface area (Å²) in [7, 11) is 0. The number of nitrogens with one attached hydrogen (secondary N) is 2. The Morgan fingerprint density at radius 1 is 0.947 bits per heavy atom. The number of benzene rings is 1. The molecular formula is C13H11N3O3. The number of nitrogens with zero attached hydrogens (tertiary/aromatic N) is 1. The van der Waals surface area contributed by atoms with Crippen molar-refractivity contribution in [3.05, 3.63) is 54.4 Å². The lowest BCUT2D eigenvalue weighted by Crippen LogP contribution is -2.19. The number of rotatable bonds is 3. The van der Waals surface area contributed by atoms with Gasteiger partial charge in [0, 0.05) is 5.69 Å². The van der Waals surface area contributed by atoms with Crippen molar-refractivity contribution in [2.75, 3.05) is 10.6 Å². The van der Waals surface area contributed by atoms with Crippen LogP contribution in [0.25, 0.3) is 0 Å². The Kier molecular flexibility index (Phi) is 3.72. The average Bonchev–Trinajstić information content (AvgIpc) is 2.40. The van der Waals surface area contributed by atoms with E-state index in [1.165, 1.54) is 18.3 Å². The second-order valence-electron chi connectivity index (χ2n) is 3.68. The number of carbonyl (C=O) groups excluding carboxylic acids is 1. The van der Waals surface area contributed by atoms with Gasteiger partial charge in [0.05, 0.1) is 11.9 Å².